The van der Waals surface area contributed by atoms with Crippen LogP contribution in [-0.2, 0) is 9.59 Å². The lowest BCUT2D eigenvalue weighted by Crippen LogP contribution is -2.52. The average Bonchev–Trinajstić information content (AvgIpc) is 2.54. The summed E-state index contributed by atoms with van der Waals surface area (Å²) in [5.74, 6) is 1.70. The van der Waals surface area contributed by atoms with E-state index in [4.69, 9.17) is 11.2 Å². The third-order valence-corrected chi connectivity index (χ3v) is 3.16. The number of imide groups is 2. The number of terminal acetylenes is 1. The SMILES string of the molecule is C#CCOc1ccc(C=C2C(=O)N(C)C(=O)N(C)C2=O)cc1. The number of carbonyl (C=O) groups excluding carboxylic acids is 3. The molecule has 1 aromatic carbocycles. The molecule has 1 heterocycles. The minimum absolute atomic E-state index is 0.0677. The van der Waals surface area contributed by atoms with Crippen LogP contribution in [-0.4, -0.2) is 48.3 Å². The standard InChI is InChI=1S/C16H14N2O4/c1-4-9-22-12-7-5-11(6-8-12)10-13-14(19)17(2)16(21)18(3)15(13)20/h1,5-8,10H,9H2,2-3H3. The van der Waals surface area contributed by atoms with E-state index in [9.17, 15) is 14.4 Å². The lowest BCUT2D eigenvalue weighted by Gasteiger charge is -2.28. The van der Waals surface area contributed by atoms with Gasteiger partial charge >= 0.3 is 6.03 Å². The van der Waals surface area contributed by atoms with E-state index < -0.39 is 17.8 Å². The van der Waals surface area contributed by atoms with Gasteiger partial charge in [-0.15, -0.1) is 6.42 Å². The normalized spacial score (nSPS) is 15.0. The summed E-state index contributed by atoms with van der Waals surface area (Å²) in [6, 6.07) is 6.09. The van der Waals surface area contributed by atoms with Gasteiger partial charge in [-0.3, -0.25) is 19.4 Å². The van der Waals surface area contributed by atoms with Crippen molar-refractivity contribution in [3.63, 3.8) is 0 Å². The van der Waals surface area contributed by atoms with Gasteiger partial charge in [-0.1, -0.05) is 18.1 Å². The Morgan fingerprint density at radius 2 is 1.64 bits per heavy atom. The van der Waals surface area contributed by atoms with Gasteiger partial charge in [0.15, 0.2) is 0 Å². The molecule has 0 aliphatic carbocycles. The Morgan fingerprint density at radius 3 is 2.14 bits per heavy atom. The minimum Gasteiger partial charge on any atom is -0.481 e. The maximum absolute atomic E-state index is 12.0. The monoisotopic (exact) mass is 298 g/mol. The second-order valence-corrected chi connectivity index (χ2v) is 4.63. The number of carbonyl (C=O) groups is 3. The van der Waals surface area contributed by atoms with Gasteiger partial charge in [-0.2, -0.15) is 0 Å². The fraction of sp³-hybridized carbons (Fsp3) is 0.188. The number of hydrogen-bond acceptors (Lipinski definition) is 4. The van der Waals surface area contributed by atoms with Gasteiger partial charge in [0.2, 0.25) is 0 Å². The van der Waals surface area contributed by atoms with Crippen LogP contribution in [0.15, 0.2) is 29.8 Å². The second kappa shape index (κ2) is 6.14. The molecule has 0 aromatic heterocycles. The summed E-state index contributed by atoms with van der Waals surface area (Å²) in [5.41, 5.74) is 0.572. The number of nitrogens with zero attached hydrogens (tertiary/aromatic N) is 2. The van der Waals surface area contributed by atoms with Crippen LogP contribution in [0.1, 0.15) is 5.56 Å². The van der Waals surface area contributed by atoms with Crippen molar-refractivity contribution in [2.24, 2.45) is 0 Å². The highest BCUT2D eigenvalue weighted by Crippen LogP contribution is 2.19. The minimum atomic E-state index is -0.648. The van der Waals surface area contributed by atoms with E-state index in [1.165, 1.54) is 20.2 Å². The molecule has 22 heavy (non-hydrogen) atoms. The average molecular weight is 298 g/mol. The maximum Gasteiger partial charge on any atom is 0.333 e. The van der Waals surface area contributed by atoms with E-state index in [-0.39, 0.29) is 12.2 Å². The van der Waals surface area contributed by atoms with Gasteiger partial charge in [0.05, 0.1) is 0 Å². The van der Waals surface area contributed by atoms with E-state index in [1.54, 1.807) is 24.3 Å². The topological polar surface area (TPSA) is 66.9 Å². The van der Waals surface area contributed by atoms with Gasteiger partial charge in [0.25, 0.3) is 11.8 Å². The van der Waals surface area contributed by atoms with Crippen LogP contribution < -0.4 is 4.74 Å². The molecule has 112 valence electrons. The summed E-state index contributed by atoms with van der Waals surface area (Å²) in [6.45, 7) is 0.162. The van der Waals surface area contributed by atoms with Gasteiger partial charge in [0.1, 0.15) is 17.9 Å². The van der Waals surface area contributed by atoms with Crippen molar-refractivity contribution >= 4 is 23.9 Å². The van der Waals surface area contributed by atoms with E-state index in [1.807, 2.05) is 0 Å². The van der Waals surface area contributed by atoms with Crippen LogP contribution in [0.4, 0.5) is 4.79 Å². The molecule has 6 nitrogen and oxygen atoms in total. The number of ether oxygens (including phenoxy) is 1. The maximum atomic E-state index is 12.0. The number of amides is 4. The van der Waals surface area contributed by atoms with Crippen LogP contribution in [0.5, 0.6) is 5.75 Å². The second-order valence-electron chi connectivity index (χ2n) is 4.63. The quantitative estimate of drug-likeness (QED) is 0.477. The van der Waals surface area contributed by atoms with Crippen molar-refractivity contribution in [1.29, 1.82) is 0 Å². The molecule has 2 rings (SSSR count). The van der Waals surface area contributed by atoms with Crippen LogP contribution in [0, 0.1) is 12.3 Å². The molecule has 0 bridgehead atoms. The van der Waals surface area contributed by atoms with Crippen LogP contribution in [0.25, 0.3) is 6.08 Å². The molecular weight excluding hydrogens is 284 g/mol. The molecule has 0 N–H and O–H groups in total. The van der Waals surface area contributed by atoms with Crippen LogP contribution in [0.3, 0.4) is 0 Å². The Kier molecular flexibility index (Phi) is 4.28. The predicted molar refractivity (Wildman–Crippen MR) is 79.7 cm³/mol. The predicted octanol–water partition coefficient (Wildman–Crippen LogP) is 1.13. The van der Waals surface area contributed by atoms with Crippen molar-refractivity contribution < 1.29 is 19.1 Å². The van der Waals surface area contributed by atoms with Gasteiger partial charge in [-0.25, -0.2) is 4.79 Å². The molecule has 6 heteroatoms. The summed E-state index contributed by atoms with van der Waals surface area (Å²) >= 11 is 0. The lowest BCUT2D eigenvalue weighted by molar-refractivity contribution is -0.134. The zero-order chi connectivity index (χ0) is 16.3. The van der Waals surface area contributed by atoms with Crippen molar-refractivity contribution in [1.82, 2.24) is 9.80 Å². The Balaban J connectivity index is 2.28. The summed E-state index contributed by atoms with van der Waals surface area (Å²) in [6.07, 6.45) is 6.54. The van der Waals surface area contributed by atoms with E-state index in [0.29, 0.717) is 11.3 Å². The summed E-state index contributed by atoms with van der Waals surface area (Å²) in [5, 5.41) is 0. The molecule has 0 atom stereocenters. The van der Waals surface area contributed by atoms with E-state index in [2.05, 4.69) is 5.92 Å². The van der Waals surface area contributed by atoms with Crippen molar-refractivity contribution in [2.45, 2.75) is 0 Å². The number of hydrogen-bond donors (Lipinski definition) is 0. The highest BCUT2D eigenvalue weighted by Gasteiger charge is 2.37. The highest BCUT2D eigenvalue weighted by molar-refractivity contribution is 6.30. The molecule has 0 spiro atoms. The van der Waals surface area contributed by atoms with Crippen LogP contribution >= 0.6 is 0 Å². The van der Waals surface area contributed by atoms with Crippen molar-refractivity contribution in [3.05, 3.63) is 35.4 Å². The zero-order valence-electron chi connectivity index (χ0n) is 12.2. The number of rotatable bonds is 3. The summed E-state index contributed by atoms with van der Waals surface area (Å²) in [7, 11) is 2.66. The molecule has 1 fully saturated rings. The van der Waals surface area contributed by atoms with Gasteiger partial charge in [0, 0.05) is 14.1 Å². The molecule has 4 amide bonds. The molecule has 1 aliphatic heterocycles. The number of benzene rings is 1. The Bertz CT molecular complexity index is 672. The van der Waals surface area contributed by atoms with Crippen LogP contribution in [0.2, 0.25) is 0 Å². The molecule has 1 saturated heterocycles. The first kappa shape index (κ1) is 15.3. The fourth-order valence-electron chi connectivity index (χ4n) is 1.93. The first-order valence-electron chi connectivity index (χ1n) is 6.43. The fourth-order valence-corrected chi connectivity index (χ4v) is 1.93. The number of urea groups is 1. The number of likely N-dealkylation sites (N-methyl/N-ethyl adjacent to an activating group) is 2. The van der Waals surface area contributed by atoms with Crippen molar-refractivity contribution in [2.75, 3.05) is 20.7 Å². The van der Waals surface area contributed by atoms with Gasteiger partial charge in [-0.05, 0) is 23.8 Å². The molecular formula is C16H14N2O4. The lowest BCUT2D eigenvalue weighted by atomic mass is 10.1. The molecule has 0 unspecified atom stereocenters. The summed E-state index contributed by atoms with van der Waals surface area (Å²) < 4.78 is 5.24. The van der Waals surface area contributed by atoms with Gasteiger partial charge < -0.3 is 4.74 Å². The highest BCUT2D eigenvalue weighted by atomic mass is 16.5. The third-order valence-electron chi connectivity index (χ3n) is 3.16. The molecule has 1 aromatic rings. The zero-order valence-corrected chi connectivity index (χ0v) is 12.2. The third kappa shape index (κ3) is 2.83. The molecule has 1 aliphatic rings. The Hall–Kier alpha value is -3.07. The van der Waals surface area contributed by atoms with Crippen molar-refractivity contribution in [3.8, 4) is 18.1 Å². The first-order valence-corrected chi connectivity index (χ1v) is 6.43. The summed E-state index contributed by atoms with van der Waals surface area (Å²) in [4.78, 5) is 37.5. The van der Waals surface area contributed by atoms with E-state index >= 15 is 0 Å². The van der Waals surface area contributed by atoms with E-state index in [0.717, 1.165) is 9.80 Å². The molecule has 0 radical (unpaired) electrons. The number of barbiturate groups is 1. The Morgan fingerprint density at radius 1 is 1.09 bits per heavy atom. The molecule has 0 saturated carbocycles. The largest absolute Gasteiger partial charge is 0.481 e. The Labute approximate surface area is 128 Å². The first-order chi connectivity index (χ1) is 10.5. The smallest absolute Gasteiger partial charge is 0.333 e.